The first kappa shape index (κ1) is 12.7. The molecule has 2 N–H and O–H groups in total. The molecule has 1 rings (SSSR count). The minimum Gasteiger partial charge on any atom is -0.394 e. The number of rotatable bonds is 4. The maximum Gasteiger partial charge on any atom is 0.137 e. The van der Waals surface area contributed by atoms with Gasteiger partial charge in [-0.05, 0) is 20.8 Å². The van der Waals surface area contributed by atoms with Gasteiger partial charge in [-0.1, -0.05) is 0 Å². The first-order valence-electron chi connectivity index (χ1n) is 5.28. The van der Waals surface area contributed by atoms with Gasteiger partial charge >= 0.3 is 0 Å². The van der Waals surface area contributed by atoms with E-state index in [4.69, 9.17) is 0 Å². The Morgan fingerprint density at radius 1 is 1.44 bits per heavy atom. The van der Waals surface area contributed by atoms with Crippen molar-refractivity contribution in [2.45, 2.75) is 26.3 Å². The zero-order valence-corrected chi connectivity index (χ0v) is 10.6. The Bertz CT molecular complexity index is 365. The monoisotopic (exact) mass is 224 g/mol. The molecule has 0 amide bonds. The van der Waals surface area contributed by atoms with Crippen LogP contribution in [-0.4, -0.2) is 41.3 Å². The summed E-state index contributed by atoms with van der Waals surface area (Å²) in [5.74, 6) is 1.64. The molecule has 1 heterocycles. The number of hydrogen-bond acceptors (Lipinski definition) is 5. The largest absolute Gasteiger partial charge is 0.394 e. The van der Waals surface area contributed by atoms with E-state index in [0.717, 1.165) is 17.2 Å². The summed E-state index contributed by atoms with van der Waals surface area (Å²) in [5, 5.41) is 12.4. The Morgan fingerprint density at radius 3 is 2.56 bits per heavy atom. The fraction of sp³-hybridized carbons (Fsp3) is 0.636. The first-order chi connectivity index (χ1) is 7.44. The number of anilines is 2. The van der Waals surface area contributed by atoms with Crippen LogP contribution < -0.4 is 10.2 Å². The van der Waals surface area contributed by atoms with Gasteiger partial charge in [0, 0.05) is 19.7 Å². The summed E-state index contributed by atoms with van der Waals surface area (Å²) in [6.45, 7) is 5.97. The van der Waals surface area contributed by atoms with E-state index in [-0.39, 0.29) is 12.1 Å². The minimum absolute atomic E-state index is 0.0713. The first-order valence-corrected chi connectivity index (χ1v) is 5.28. The molecule has 1 aromatic heterocycles. The van der Waals surface area contributed by atoms with Crippen molar-refractivity contribution in [2.24, 2.45) is 0 Å². The summed E-state index contributed by atoms with van der Waals surface area (Å²) in [4.78, 5) is 10.4. The number of aromatic nitrogens is 2. The van der Waals surface area contributed by atoms with Gasteiger partial charge in [0.05, 0.1) is 12.1 Å². The van der Waals surface area contributed by atoms with Gasteiger partial charge in [0.25, 0.3) is 0 Å². The smallest absolute Gasteiger partial charge is 0.137 e. The summed E-state index contributed by atoms with van der Waals surface area (Å²) in [6.07, 6.45) is 1.53. The molecule has 0 aromatic carbocycles. The van der Waals surface area contributed by atoms with Crippen molar-refractivity contribution >= 4 is 11.6 Å². The fourth-order valence-corrected chi connectivity index (χ4v) is 1.42. The van der Waals surface area contributed by atoms with Crippen LogP contribution in [0.15, 0.2) is 6.33 Å². The van der Waals surface area contributed by atoms with Gasteiger partial charge in [-0.2, -0.15) is 0 Å². The second kappa shape index (κ2) is 4.65. The molecule has 0 aliphatic heterocycles. The zero-order chi connectivity index (χ0) is 12.3. The molecule has 5 heteroatoms. The molecule has 16 heavy (non-hydrogen) atoms. The molecule has 0 spiro atoms. The molecule has 0 unspecified atom stereocenters. The van der Waals surface area contributed by atoms with Gasteiger partial charge < -0.3 is 15.3 Å². The van der Waals surface area contributed by atoms with E-state index in [1.54, 1.807) is 0 Å². The van der Waals surface area contributed by atoms with Crippen molar-refractivity contribution in [2.75, 3.05) is 30.9 Å². The predicted molar refractivity (Wildman–Crippen MR) is 65.9 cm³/mol. The number of likely N-dealkylation sites (N-methyl/N-ethyl adjacent to an activating group) is 1. The van der Waals surface area contributed by atoms with Crippen LogP contribution in [-0.2, 0) is 0 Å². The lowest BCUT2D eigenvalue weighted by Gasteiger charge is -2.35. The summed E-state index contributed by atoms with van der Waals surface area (Å²) < 4.78 is 0. The summed E-state index contributed by atoms with van der Waals surface area (Å²) in [7, 11) is 3.75. The topological polar surface area (TPSA) is 61.3 Å². The van der Waals surface area contributed by atoms with Gasteiger partial charge in [0.2, 0.25) is 0 Å². The summed E-state index contributed by atoms with van der Waals surface area (Å²) in [5.41, 5.74) is 0.637. The lowest BCUT2D eigenvalue weighted by molar-refractivity contribution is 0.215. The standard InChI is InChI=1S/C11H20N4O/c1-8-9(12-4)13-7-14-10(8)15(5)11(2,3)6-16/h7,16H,6H2,1-5H3,(H,12,13,14). The second-order valence-corrected chi connectivity index (χ2v) is 4.45. The molecule has 1 aromatic rings. The molecule has 90 valence electrons. The Hall–Kier alpha value is -1.36. The number of aliphatic hydroxyl groups excluding tert-OH is 1. The highest BCUT2D eigenvalue weighted by atomic mass is 16.3. The number of hydrogen-bond donors (Lipinski definition) is 2. The lowest BCUT2D eigenvalue weighted by Crippen LogP contribution is -2.45. The Kier molecular flexibility index (Phi) is 3.70. The average Bonchev–Trinajstić information content (AvgIpc) is 2.28. The van der Waals surface area contributed by atoms with Crippen LogP contribution in [0.25, 0.3) is 0 Å². The molecule has 0 saturated carbocycles. The molecule has 0 atom stereocenters. The van der Waals surface area contributed by atoms with Crippen molar-refractivity contribution in [3.63, 3.8) is 0 Å². The van der Waals surface area contributed by atoms with Gasteiger partial charge in [-0.15, -0.1) is 0 Å². The average molecular weight is 224 g/mol. The van der Waals surface area contributed by atoms with Gasteiger partial charge in [0.1, 0.15) is 18.0 Å². The third-order valence-corrected chi connectivity index (χ3v) is 2.91. The van der Waals surface area contributed by atoms with Crippen molar-refractivity contribution in [3.05, 3.63) is 11.9 Å². The molecule has 0 aliphatic rings. The molecule has 0 bridgehead atoms. The molecular weight excluding hydrogens is 204 g/mol. The normalized spacial score (nSPS) is 11.4. The van der Waals surface area contributed by atoms with E-state index in [9.17, 15) is 5.11 Å². The van der Waals surface area contributed by atoms with Crippen molar-refractivity contribution in [3.8, 4) is 0 Å². The minimum atomic E-state index is -0.343. The Balaban J connectivity index is 3.14. The maximum atomic E-state index is 9.34. The maximum absolute atomic E-state index is 9.34. The van der Waals surface area contributed by atoms with Crippen molar-refractivity contribution in [1.29, 1.82) is 0 Å². The third-order valence-electron chi connectivity index (χ3n) is 2.91. The molecule has 0 saturated heterocycles. The van der Waals surface area contributed by atoms with Crippen LogP contribution in [0.1, 0.15) is 19.4 Å². The van der Waals surface area contributed by atoms with E-state index in [1.807, 2.05) is 39.8 Å². The third kappa shape index (κ3) is 2.24. The summed E-state index contributed by atoms with van der Waals surface area (Å²) >= 11 is 0. The number of nitrogens with zero attached hydrogens (tertiary/aromatic N) is 3. The van der Waals surface area contributed by atoms with E-state index in [2.05, 4.69) is 15.3 Å². The highest BCUT2D eigenvalue weighted by Gasteiger charge is 2.25. The lowest BCUT2D eigenvalue weighted by atomic mass is 10.0. The van der Waals surface area contributed by atoms with Crippen LogP contribution in [0, 0.1) is 6.92 Å². The Morgan fingerprint density at radius 2 is 2.06 bits per heavy atom. The van der Waals surface area contributed by atoms with Crippen LogP contribution in [0.2, 0.25) is 0 Å². The van der Waals surface area contributed by atoms with E-state index in [1.165, 1.54) is 6.33 Å². The number of aliphatic hydroxyl groups is 1. The van der Waals surface area contributed by atoms with Crippen LogP contribution in [0.4, 0.5) is 11.6 Å². The molecule has 5 nitrogen and oxygen atoms in total. The van der Waals surface area contributed by atoms with Crippen LogP contribution >= 0.6 is 0 Å². The second-order valence-electron chi connectivity index (χ2n) is 4.45. The number of nitrogens with one attached hydrogen (secondary N) is 1. The highest BCUT2D eigenvalue weighted by molar-refractivity contribution is 5.58. The predicted octanol–water partition coefficient (Wildman–Crippen LogP) is 1.03. The zero-order valence-electron chi connectivity index (χ0n) is 10.6. The fourth-order valence-electron chi connectivity index (χ4n) is 1.42. The SMILES string of the molecule is CNc1ncnc(N(C)C(C)(C)CO)c1C. The van der Waals surface area contributed by atoms with E-state index >= 15 is 0 Å². The highest BCUT2D eigenvalue weighted by Crippen LogP contribution is 2.26. The molecule has 0 radical (unpaired) electrons. The Labute approximate surface area is 96.5 Å². The quantitative estimate of drug-likeness (QED) is 0.800. The van der Waals surface area contributed by atoms with E-state index < -0.39 is 0 Å². The van der Waals surface area contributed by atoms with Gasteiger partial charge in [0.15, 0.2) is 0 Å². The molecular formula is C11H20N4O. The van der Waals surface area contributed by atoms with E-state index in [0.29, 0.717) is 0 Å². The van der Waals surface area contributed by atoms with Crippen molar-refractivity contribution in [1.82, 2.24) is 9.97 Å². The molecule has 0 aliphatic carbocycles. The summed E-state index contributed by atoms with van der Waals surface area (Å²) in [6, 6.07) is 0. The molecule has 0 fully saturated rings. The van der Waals surface area contributed by atoms with Gasteiger partial charge in [-0.3, -0.25) is 0 Å². The van der Waals surface area contributed by atoms with Crippen molar-refractivity contribution < 1.29 is 5.11 Å². The van der Waals surface area contributed by atoms with Crippen LogP contribution in [0.5, 0.6) is 0 Å². The van der Waals surface area contributed by atoms with Gasteiger partial charge in [-0.25, -0.2) is 9.97 Å². The van der Waals surface area contributed by atoms with Crippen LogP contribution in [0.3, 0.4) is 0 Å².